The van der Waals surface area contributed by atoms with E-state index in [-0.39, 0.29) is 5.25 Å². The van der Waals surface area contributed by atoms with Crippen molar-refractivity contribution in [2.75, 3.05) is 0 Å². The maximum absolute atomic E-state index is 10.3. The van der Waals surface area contributed by atoms with Gasteiger partial charge in [-0.25, -0.2) is 4.79 Å². The van der Waals surface area contributed by atoms with Gasteiger partial charge in [-0.3, -0.25) is 0 Å². The number of rotatable bonds is 1. The third-order valence-electron chi connectivity index (χ3n) is 1.06. The Morgan fingerprint density at radius 2 is 2.56 bits per heavy atom. The highest BCUT2D eigenvalue weighted by molar-refractivity contribution is 8.78. The highest BCUT2D eigenvalue weighted by Gasteiger charge is 2.21. The van der Waals surface area contributed by atoms with Crippen molar-refractivity contribution in [3.8, 4) is 0 Å². The number of carboxylic acid groups (broad SMARTS) is 1. The molecule has 0 aromatic rings. The van der Waals surface area contributed by atoms with Gasteiger partial charge in [-0.2, -0.15) is 0 Å². The summed E-state index contributed by atoms with van der Waals surface area (Å²) in [5.41, 5.74) is 0.519. The first kappa shape index (κ1) is 7.02. The van der Waals surface area contributed by atoms with Crippen LogP contribution in [0.1, 0.15) is 6.92 Å². The van der Waals surface area contributed by atoms with Crippen molar-refractivity contribution < 1.29 is 9.90 Å². The summed E-state index contributed by atoms with van der Waals surface area (Å²) in [6, 6.07) is 0. The monoisotopic (exact) mass is 162 g/mol. The van der Waals surface area contributed by atoms with Crippen molar-refractivity contribution in [1.29, 1.82) is 0 Å². The van der Waals surface area contributed by atoms with Crippen LogP contribution in [0.25, 0.3) is 0 Å². The average molecular weight is 162 g/mol. The molecule has 50 valence electrons. The Labute approximate surface area is 61.1 Å². The second-order valence-corrected chi connectivity index (χ2v) is 4.20. The lowest BCUT2D eigenvalue weighted by Gasteiger charge is -1.98. The van der Waals surface area contributed by atoms with Crippen LogP contribution in [0.2, 0.25) is 0 Å². The lowest BCUT2D eigenvalue weighted by Crippen LogP contribution is -2.07. The van der Waals surface area contributed by atoms with Crippen molar-refractivity contribution in [3.05, 3.63) is 11.0 Å². The van der Waals surface area contributed by atoms with Gasteiger partial charge < -0.3 is 5.11 Å². The first-order chi connectivity index (χ1) is 4.22. The quantitative estimate of drug-likeness (QED) is 0.596. The summed E-state index contributed by atoms with van der Waals surface area (Å²) in [5, 5.41) is 10.3. The Bertz CT molecular complexity index is 164. The van der Waals surface area contributed by atoms with E-state index < -0.39 is 5.97 Å². The third-order valence-corrected chi connectivity index (χ3v) is 3.55. The lowest BCUT2D eigenvalue weighted by atomic mass is 10.2. The average Bonchev–Trinajstić information content (AvgIpc) is 2.13. The summed E-state index contributed by atoms with van der Waals surface area (Å²) >= 11 is 0. The number of carbonyl (C=O) groups is 1. The van der Waals surface area contributed by atoms with Gasteiger partial charge in [0, 0.05) is 5.25 Å². The van der Waals surface area contributed by atoms with E-state index in [1.54, 1.807) is 16.2 Å². The standard InChI is InChI=1S/C5H6O2S2/c1-3-4(5(6)7)2-8-9-3/h2-3H,1H3,(H,6,7). The molecular formula is C5H6O2S2. The van der Waals surface area contributed by atoms with Gasteiger partial charge >= 0.3 is 5.97 Å². The third kappa shape index (κ3) is 1.43. The predicted octanol–water partition coefficient (Wildman–Crippen LogP) is 1.74. The Kier molecular flexibility index (Phi) is 2.08. The molecule has 1 heterocycles. The zero-order chi connectivity index (χ0) is 6.85. The van der Waals surface area contributed by atoms with E-state index in [2.05, 4.69) is 0 Å². The van der Waals surface area contributed by atoms with E-state index in [4.69, 9.17) is 5.11 Å². The van der Waals surface area contributed by atoms with Crippen LogP contribution in [-0.4, -0.2) is 16.3 Å². The van der Waals surface area contributed by atoms with E-state index in [0.717, 1.165) is 0 Å². The molecule has 1 N–H and O–H groups in total. The molecule has 0 aliphatic carbocycles. The van der Waals surface area contributed by atoms with Gasteiger partial charge in [-0.15, -0.1) is 0 Å². The maximum atomic E-state index is 10.3. The molecule has 0 fully saturated rings. The van der Waals surface area contributed by atoms with E-state index in [1.165, 1.54) is 10.8 Å². The van der Waals surface area contributed by atoms with Crippen molar-refractivity contribution in [3.63, 3.8) is 0 Å². The highest BCUT2D eigenvalue weighted by Crippen LogP contribution is 2.39. The minimum absolute atomic E-state index is 0.146. The molecular weight excluding hydrogens is 156 g/mol. The molecule has 0 aromatic heterocycles. The molecule has 0 radical (unpaired) electrons. The molecule has 1 atom stereocenters. The fourth-order valence-corrected chi connectivity index (χ4v) is 2.81. The van der Waals surface area contributed by atoms with Crippen molar-refractivity contribution in [1.82, 2.24) is 0 Å². The summed E-state index contributed by atoms with van der Waals surface area (Å²) in [6.45, 7) is 1.89. The smallest absolute Gasteiger partial charge is 0.333 e. The van der Waals surface area contributed by atoms with Crippen LogP contribution in [-0.2, 0) is 4.79 Å². The number of hydrogen-bond acceptors (Lipinski definition) is 3. The van der Waals surface area contributed by atoms with Gasteiger partial charge in [-0.1, -0.05) is 21.6 Å². The fourth-order valence-electron chi connectivity index (χ4n) is 0.535. The zero-order valence-corrected chi connectivity index (χ0v) is 6.46. The molecule has 2 nitrogen and oxygen atoms in total. The van der Waals surface area contributed by atoms with Gasteiger partial charge in [0.05, 0.1) is 5.57 Å². The zero-order valence-electron chi connectivity index (χ0n) is 4.83. The van der Waals surface area contributed by atoms with E-state index >= 15 is 0 Å². The number of hydrogen-bond donors (Lipinski definition) is 1. The van der Waals surface area contributed by atoms with E-state index in [1.807, 2.05) is 6.92 Å². The van der Waals surface area contributed by atoms with Gasteiger partial charge in [0.2, 0.25) is 0 Å². The SMILES string of the molecule is CC1SSC=C1C(=O)O. The van der Waals surface area contributed by atoms with E-state index in [0.29, 0.717) is 5.57 Å². The topological polar surface area (TPSA) is 37.3 Å². The van der Waals surface area contributed by atoms with Crippen LogP contribution in [0.4, 0.5) is 0 Å². The molecule has 1 aliphatic rings. The predicted molar refractivity (Wildman–Crippen MR) is 40.4 cm³/mol. The lowest BCUT2D eigenvalue weighted by molar-refractivity contribution is -0.132. The Morgan fingerprint density at radius 3 is 2.78 bits per heavy atom. The summed E-state index contributed by atoms with van der Waals surface area (Å²) in [6.07, 6.45) is 0. The second kappa shape index (κ2) is 2.66. The van der Waals surface area contributed by atoms with Crippen LogP contribution in [0.15, 0.2) is 11.0 Å². The molecule has 1 aliphatic heterocycles. The van der Waals surface area contributed by atoms with Crippen LogP contribution >= 0.6 is 21.6 Å². The van der Waals surface area contributed by atoms with Crippen molar-refractivity contribution in [2.45, 2.75) is 12.2 Å². The molecule has 0 amide bonds. The van der Waals surface area contributed by atoms with E-state index in [9.17, 15) is 4.79 Å². The molecule has 0 saturated heterocycles. The molecule has 0 aromatic carbocycles. The van der Waals surface area contributed by atoms with Gasteiger partial charge in [0.1, 0.15) is 0 Å². The summed E-state index contributed by atoms with van der Waals surface area (Å²) in [4.78, 5) is 10.3. The molecule has 1 unspecified atom stereocenters. The molecule has 0 saturated carbocycles. The first-order valence-electron chi connectivity index (χ1n) is 2.47. The van der Waals surface area contributed by atoms with Crippen LogP contribution in [0, 0.1) is 0 Å². The minimum atomic E-state index is -0.792. The molecule has 1 rings (SSSR count). The first-order valence-corrected chi connectivity index (χ1v) is 4.75. The molecule has 9 heavy (non-hydrogen) atoms. The van der Waals surface area contributed by atoms with Gasteiger partial charge in [0.25, 0.3) is 0 Å². The van der Waals surface area contributed by atoms with Crippen LogP contribution in [0.5, 0.6) is 0 Å². The summed E-state index contributed by atoms with van der Waals surface area (Å²) in [7, 11) is 3.07. The normalized spacial score (nSPS) is 25.9. The van der Waals surface area contributed by atoms with Gasteiger partial charge in [0.15, 0.2) is 0 Å². The van der Waals surface area contributed by atoms with Crippen LogP contribution < -0.4 is 0 Å². The number of carboxylic acids is 1. The highest BCUT2D eigenvalue weighted by atomic mass is 33.1. The summed E-state index contributed by atoms with van der Waals surface area (Å²) < 4.78 is 0. The maximum Gasteiger partial charge on any atom is 0.333 e. The molecule has 4 heteroatoms. The van der Waals surface area contributed by atoms with Crippen molar-refractivity contribution >= 4 is 27.6 Å². The van der Waals surface area contributed by atoms with Crippen molar-refractivity contribution in [2.24, 2.45) is 0 Å². The minimum Gasteiger partial charge on any atom is -0.478 e. The molecule has 0 bridgehead atoms. The number of aliphatic carboxylic acids is 1. The molecule has 0 spiro atoms. The van der Waals surface area contributed by atoms with Crippen LogP contribution in [0.3, 0.4) is 0 Å². The Morgan fingerprint density at radius 1 is 1.89 bits per heavy atom. The second-order valence-electron chi connectivity index (χ2n) is 1.71. The Hall–Kier alpha value is -0.0900. The largest absolute Gasteiger partial charge is 0.478 e. The fraction of sp³-hybridized carbons (Fsp3) is 0.400. The van der Waals surface area contributed by atoms with Gasteiger partial charge in [-0.05, 0) is 12.3 Å². The Balaban J connectivity index is 2.68. The summed E-state index contributed by atoms with van der Waals surface area (Å²) in [5.74, 6) is -0.792.